The van der Waals surface area contributed by atoms with Gasteiger partial charge >= 0.3 is 5.97 Å². The number of pyridine rings is 1. The molecule has 0 aliphatic rings. The van der Waals surface area contributed by atoms with E-state index in [-0.39, 0.29) is 17.9 Å². The molecule has 5 aromatic rings. The van der Waals surface area contributed by atoms with Crippen molar-refractivity contribution in [2.24, 2.45) is 0 Å². The minimum Gasteiger partial charge on any atom is -0.495 e. The monoisotopic (exact) mass is 619 g/mol. The Morgan fingerprint density at radius 2 is 1.84 bits per heavy atom. The number of amides is 1. The first-order valence-electron chi connectivity index (χ1n) is 13.2. The van der Waals surface area contributed by atoms with Gasteiger partial charge < -0.3 is 15.2 Å². The second kappa shape index (κ2) is 12.5. The standard InChI is InChI=1S/C31H24ClF2N5O5/c1-3-26(30(41)35-20-8-9-21(31(42)43)24(34)13-20)38-16-28(44-2)23(14-29(38)40)22-12-18(32)7-10-27(22)39-15-25(36-37-39)17-5-4-6-19(33)11-17/h4-16,26H,3H2,1-2H3,(H,35,41)(H,42,43)/t26-/m0/s1. The Labute approximate surface area is 254 Å². The zero-order valence-corrected chi connectivity index (χ0v) is 24.0. The van der Waals surface area contributed by atoms with Crippen LogP contribution in [0.1, 0.15) is 29.7 Å². The minimum atomic E-state index is -1.44. The lowest BCUT2D eigenvalue weighted by Crippen LogP contribution is -2.32. The highest BCUT2D eigenvalue weighted by molar-refractivity contribution is 6.31. The average molecular weight is 620 g/mol. The zero-order chi connectivity index (χ0) is 31.5. The Hall–Kier alpha value is -5.36. The second-order valence-corrected chi connectivity index (χ2v) is 10.1. The molecule has 0 aliphatic carbocycles. The third-order valence-corrected chi connectivity index (χ3v) is 7.10. The van der Waals surface area contributed by atoms with Crippen molar-refractivity contribution in [3.8, 4) is 33.8 Å². The first kappa shape index (κ1) is 30.1. The van der Waals surface area contributed by atoms with Gasteiger partial charge in [-0.1, -0.05) is 35.9 Å². The van der Waals surface area contributed by atoms with Gasteiger partial charge in [0.15, 0.2) is 0 Å². The number of aromatic nitrogens is 4. The molecule has 1 atom stereocenters. The summed E-state index contributed by atoms with van der Waals surface area (Å²) >= 11 is 6.35. The van der Waals surface area contributed by atoms with E-state index in [0.717, 1.165) is 12.1 Å². The fourth-order valence-corrected chi connectivity index (χ4v) is 4.90. The number of nitrogens with zero attached hydrogens (tertiary/aromatic N) is 4. The van der Waals surface area contributed by atoms with E-state index in [1.54, 1.807) is 43.5 Å². The lowest BCUT2D eigenvalue weighted by Gasteiger charge is -2.21. The van der Waals surface area contributed by atoms with E-state index in [9.17, 15) is 23.2 Å². The molecule has 0 bridgehead atoms. The van der Waals surface area contributed by atoms with Crippen LogP contribution in [-0.4, -0.2) is 43.7 Å². The summed E-state index contributed by atoms with van der Waals surface area (Å²) in [6, 6.07) is 14.3. The number of carboxylic acid groups (broad SMARTS) is 1. The number of carboxylic acids is 1. The Kier molecular flexibility index (Phi) is 8.54. The molecule has 44 heavy (non-hydrogen) atoms. The highest BCUT2D eigenvalue weighted by Gasteiger charge is 2.24. The first-order valence-corrected chi connectivity index (χ1v) is 13.6. The van der Waals surface area contributed by atoms with E-state index < -0.39 is 40.7 Å². The number of rotatable bonds is 9. The van der Waals surface area contributed by atoms with Crippen molar-refractivity contribution >= 4 is 29.2 Å². The molecular formula is C31H24ClF2N5O5. The smallest absolute Gasteiger partial charge is 0.338 e. The first-order chi connectivity index (χ1) is 21.1. The SMILES string of the molecule is CC[C@@H](C(=O)Nc1ccc(C(=O)O)c(F)c1)n1cc(OC)c(-c2cc(Cl)ccc2-n2cc(-c3cccc(F)c3)nn2)cc1=O. The average Bonchev–Trinajstić information content (AvgIpc) is 3.48. The van der Waals surface area contributed by atoms with Crippen molar-refractivity contribution in [1.29, 1.82) is 0 Å². The molecule has 5 rings (SSSR count). The van der Waals surface area contributed by atoms with Crippen molar-refractivity contribution in [3.63, 3.8) is 0 Å². The van der Waals surface area contributed by atoms with Gasteiger partial charge in [0.05, 0.1) is 30.8 Å². The number of methoxy groups -OCH3 is 1. The third-order valence-electron chi connectivity index (χ3n) is 6.87. The number of ether oxygens (including phenoxy) is 1. The molecule has 13 heteroatoms. The van der Waals surface area contributed by atoms with Crippen LogP contribution in [0.5, 0.6) is 5.75 Å². The normalized spacial score (nSPS) is 11.7. The third kappa shape index (κ3) is 6.06. The van der Waals surface area contributed by atoms with E-state index in [0.29, 0.717) is 33.1 Å². The van der Waals surface area contributed by atoms with Gasteiger partial charge in [-0.2, -0.15) is 0 Å². The Balaban J connectivity index is 1.51. The van der Waals surface area contributed by atoms with Crippen molar-refractivity contribution in [2.45, 2.75) is 19.4 Å². The van der Waals surface area contributed by atoms with Crippen LogP contribution in [0.25, 0.3) is 28.1 Å². The molecule has 1 amide bonds. The Morgan fingerprint density at radius 3 is 2.52 bits per heavy atom. The van der Waals surface area contributed by atoms with Crippen molar-refractivity contribution in [3.05, 3.63) is 112 Å². The lowest BCUT2D eigenvalue weighted by molar-refractivity contribution is -0.119. The fraction of sp³-hybridized carbons (Fsp3) is 0.129. The second-order valence-electron chi connectivity index (χ2n) is 9.63. The number of benzene rings is 3. The summed E-state index contributed by atoms with van der Waals surface area (Å²) < 4.78 is 36.3. The molecule has 0 saturated heterocycles. The summed E-state index contributed by atoms with van der Waals surface area (Å²) in [5.41, 5.74) is 1.22. The van der Waals surface area contributed by atoms with Gasteiger partial charge in [0.25, 0.3) is 5.56 Å². The zero-order valence-electron chi connectivity index (χ0n) is 23.3. The summed E-state index contributed by atoms with van der Waals surface area (Å²) in [4.78, 5) is 37.8. The van der Waals surface area contributed by atoms with E-state index in [2.05, 4.69) is 15.6 Å². The summed E-state index contributed by atoms with van der Waals surface area (Å²) in [5.74, 6) is -3.26. The van der Waals surface area contributed by atoms with Crippen LogP contribution in [0.4, 0.5) is 14.5 Å². The molecule has 2 heterocycles. The number of carbonyl (C=O) groups is 2. The van der Waals surface area contributed by atoms with Crippen LogP contribution in [0.15, 0.2) is 83.9 Å². The largest absolute Gasteiger partial charge is 0.495 e. The quantitative estimate of drug-likeness (QED) is 0.207. The van der Waals surface area contributed by atoms with Gasteiger partial charge in [0, 0.05) is 33.5 Å². The number of nitrogens with one attached hydrogen (secondary N) is 1. The molecule has 0 unspecified atom stereocenters. The molecule has 0 spiro atoms. The summed E-state index contributed by atoms with van der Waals surface area (Å²) in [5, 5.41) is 20.3. The molecular weight excluding hydrogens is 596 g/mol. The van der Waals surface area contributed by atoms with Crippen molar-refractivity contribution in [1.82, 2.24) is 19.6 Å². The summed E-state index contributed by atoms with van der Waals surface area (Å²) in [6.07, 6.45) is 3.19. The number of carbonyl (C=O) groups excluding carboxylic acids is 1. The number of hydrogen-bond donors (Lipinski definition) is 2. The van der Waals surface area contributed by atoms with Crippen LogP contribution in [0.2, 0.25) is 5.02 Å². The molecule has 0 aliphatic heterocycles. The van der Waals surface area contributed by atoms with E-state index in [4.69, 9.17) is 21.4 Å². The predicted octanol–water partition coefficient (Wildman–Crippen LogP) is 5.99. The van der Waals surface area contributed by atoms with Gasteiger partial charge in [-0.05, 0) is 55.0 Å². The van der Waals surface area contributed by atoms with Gasteiger partial charge in [-0.3, -0.25) is 14.2 Å². The van der Waals surface area contributed by atoms with Crippen LogP contribution in [-0.2, 0) is 4.79 Å². The molecule has 0 saturated carbocycles. The molecule has 0 radical (unpaired) electrons. The van der Waals surface area contributed by atoms with E-state index in [1.807, 2.05) is 0 Å². The number of anilines is 1. The van der Waals surface area contributed by atoms with Gasteiger partial charge in [0.2, 0.25) is 5.91 Å². The van der Waals surface area contributed by atoms with Gasteiger partial charge in [0.1, 0.15) is 29.1 Å². The summed E-state index contributed by atoms with van der Waals surface area (Å²) in [7, 11) is 1.41. The van der Waals surface area contributed by atoms with Crippen LogP contribution >= 0.6 is 11.6 Å². The van der Waals surface area contributed by atoms with Crippen LogP contribution < -0.4 is 15.6 Å². The number of halogens is 3. The maximum atomic E-state index is 14.2. The Bertz CT molecular complexity index is 1960. The van der Waals surface area contributed by atoms with Crippen LogP contribution in [0.3, 0.4) is 0 Å². The molecule has 3 aromatic carbocycles. The van der Waals surface area contributed by atoms with Gasteiger partial charge in [-0.25, -0.2) is 18.3 Å². The highest BCUT2D eigenvalue weighted by Crippen LogP contribution is 2.36. The molecule has 224 valence electrons. The summed E-state index contributed by atoms with van der Waals surface area (Å²) in [6.45, 7) is 1.70. The van der Waals surface area contributed by atoms with Crippen LogP contribution in [0, 0.1) is 11.6 Å². The lowest BCUT2D eigenvalue weighted by atomic mass is 10.0. The Morgan fingerprint density at radius 1 is 1.05 bits per heavy atom. The molecule has 2 N–H and O–H groups in total. The highest BCUT2D eigenvalue weighted by atomic mass is 35.5. The molecule has 2 aromatic heterocycles. The topological polar surface area (TPSA) is 128 Å². The fourth-order valence-electron chi connectivity index (χ4n) is 4.73. The number of hydrogen-bond acceptors (Lipinski definition) is 6. The van der Waals surface area contributed by atoms with E-state index in [1.165, 1.54) is 46.8 Å². The molecule has 0 fully saturated rings. The number of aromatic carboxylic acids is 1. The van der Waals surface area contributed by atoms with Gasteiger partial charge in [-0.15, -0.1) is 5.10 Å². The van der Waals surface area contributed by atoms with E-state index >= 15 is 0 Å². The maximum absolute atomic E-state index is 14.2. The maximum Gasteiger partial charge on any atom is 0.338 e. The predicted molar refractivity (Wildman–Crippen MR) is 159 cm³/mol. The minimum absolute atomic E-state index is 0.0293. The van der Waals surface area contributed by atoms with Crippen molar-refractivity contribution < 1.29 is 28.2 Å². The van der Waals surface area contributed by atoms with Crippen molar-refractivity contribution in [2.75, 3.05) is 12.4 Å². The molecule has 10 nitrogen and oxygen atoms in total.